The number of allylic oxidation sites excluding steroid dienone is 6. The lowest BCUT2D eigenvalue weighted by molar-refractivity contribution is 0.404. The first-order chi connectivity index (χ1) is 27.8. The lowest BCUT2D eigenvalue weighted by atomic mass is 9.88. The van der Waals surface area contributed by atoms with Gasteiger partial charge in [-0.1, -0.05) is 42.5 Å². The minimum Gasteiger partial charge on any atom is -0.238 e. The highest BCUT2D eigenvalue weighted by Crippen LogP contribution is 2.57. The topological polar surface area (TPSA) is 110 Å². The molecule has 0 amide bonds. The van der Waals surface area contributed by atoms with E-state index >= 15 is 17.6 Å². The van der Waals surface area contributed by atoms with Crippen LogP contribution in [0.1, 0.15) is 50.1 Å². The highest BCUT2D eigenvalue weighted by Gasteiger charge is 2.40. The molecule has 0 N–H and O–H groups in total. The largest absolute Gasteiger partial charge is 0.252 e. The second-order valence-corrected chi connectivity index (χ2v) is 12.1. The first-order valence-electron chi connectivity index (χ1n) is 16.0. The summed E-state index contributed by atoms with van der Waals surface area (Å²) in [6, 6.07) is 18.1. The van der Waals surface area contributed by atoms with Crippen molar-refractivity contribution in [1.29, 1.82) is 15.8 Å². The molecule has 0 radical (unpaired) electrons. The standard InChI is InChI=1S/C42H10F8N8/c1-54-20-10-8-19(9-11-20)28-30(38(56-3)32-35(45)41(49)58-42(50)36(32)46)23-12-21-22(13-24(23)37(28)55-2)29(26(16-53)31-33(43)39(47)57-40(48)34(31)44)27(25(21)15-52)18-6-4-17(14-51)5-7-18/h4-13H/b29-26+,38-30-. The van der Waals surface area contributed by atoms with E-state index in [0.29, 0.717) is 0 Å². The predicted molar refractivity (Wildman–Crippen MR) is 190 cm³/mol. The minimum atomic E-state index is -2.11. The highest BCUT2D eigenvalue weighted by atomic mass is 19.2. The van der Waals surface area contributed by atoms with E-state index in [-0.39, 0.29) is 67.0 Å². The number of hydrogen-bond acceptors (Lipinski definition) is 5. The molecule has 7 rings (SSSR count). The average molecular weight is 779 g/mol. The van der Waals surface area contributed by atoms with Crippen molar-refractivity contribution in [2.45, 2.75) is 0 Å². The molecule has 0 unspecified atom stereocenters. The number of halogens is 8. The van der Waals surface area contributed by atoms with Crippen LogP contribution in [-0.4, -0.2) is 9.97 Å². The number of rotatable bonds is 4. The van der Waals surface area contributed by atoms with Crippen molar-refractivity contribution in [1.82, 2.24) is 9.97 Å². The lowest BCUT2D eigenvalue weighted by Gasteiger charge is -2.16. The molecule has 2 heterocycles. The quantitative estimate of drug-likeness (QED) is 0.0781. The molecule has 2 aromatic heterocycles. The predicted octanol–water partition coefficient (Wildman–Crippen LogP) is 10.5. The summed E-state index contributed by atoms with van der Waals surface area (Å²) in [5.74, 6) is -16.7. The van der Waals surface area contributed by atoms with Crippen LogP contribution in [0.5, 0.6) is 0 Å². The normalized spacial score (nSPS) is 14.4. The van der Waals surface area contributed by atoms with Crippen molar-refractivity contribution < 1.29 is 35.1 Å². The van der Waals surface area contributed by atoms with Gasteiger partial charge in [0.05, 0.1) is 53.6 Å². The van der Waals surface area contributed by atoms with E-state index < -0.39 is 80.6 Å². The third kappa shape index (κ3) is 5.54. The number of pyridine rings is 2. The van der Waals surface area contributed by atoms with Gasteiger partial charge in [0.25, 0.3) is 23.8 Å². The zero-order valence-electron chi connectivity index (χ0n) is 28.4. The van der Waals surface area contributed by atoms with E-state index in [1.54, 1.807) is 6.07 Å². The Hall–Kier alpha value is -8.70. The molecule has 58 heavy (non-hydrogen) atoms. The molecule has 8 nitrogen and oxygen atoms in total. The van der Waals surface area contributed by atoms with Crippen molar-refractivity contribution in [2.24, 2.45) is 0 Å². The molecule has 2 aliphatic rings. The second kappa shape index (κ2) is 14.2. The SMILES string of the molecule is [C-]#[N+]C1=C(c2ccc([N+]#[C-])cc2)/C(=C(\[N+]#[C-])c2c(F)c(F)nc(F)c2F)c2cc3c(cc21)/C(=C(/C#N)c1c(F)c(F)nc(F)c1F)C(c1ccc(C#N)cc1)=C3C#N. The van der Waals surface area contributed by atoms with E-state index in [1.807, 2.05) is 12.1 Å². The number of benzene rings is 3. The van der Waals surface area contributed by atoms with Crippen LogP contribution in [0.15, 0.2) is 60.7 Å². The van der Waals surface area contributed by atoms with Crippen molar-refractivity contribution in [2.75, 3.05) is 0 Å². The molecule has 5 aromatic rings. The van der Waals surface area contributed by atoms with Gasteiger partial charge in [-0.05, 0) is 57.2 Å². The Kier molecular flexibility index (Phi) is 9.19. The van der Waals surface area contributed by atoms with Gasteiger partial charge >= 0.3 is 0 Å². The van der Waals surface area contributed by atoms with Gasteiger partial charge in [0.15, 0.2) is 29.0 Å². The lowest BCUT2D eigenvalue weighted by Crippen LogP contribution is -2.07. The van der Waals surface area contributed by atoms with E-state index in [4.69, 9.17) is 19.7 Å². The van der Waals surface area contributed by atoms with Crippen LogP contribution in [0.3, 0.4) is 0 Å². The number of nitrogens with zero attached hydrogens (tertiary/aromatic N) is 8. The zero-order chi connectivity index (χ0) is 41.7. The number of fused-ring (bicyclic) bond motifs is 2. The van der Waals surface area contributed by atoms with Crippen molar-refractivity contribution in [3.8, 4) is 18.2 Å². The van der Waals surface area contributed by atoms with Gasteiger partial charge in [-0.25, -0.2) is 32.1 Å². The molecular formula is C42H10F8N8. The van der Waals surface area contributed by atoms with Gasteiger partial charge in [-0.2, -0.15) is 43.3 Å². The summed E-state index contributed by atoms with van der Waals surface area (Å²) in [7, 11) is 0. The maximum atomic E-state index is 15.4. The van der Waals surface area contributed by atoms with E-state index in [2.05, 4.69) is 24.5 Å². The fraction of sp³-hybridized carbons (Fsp3) is 0. The maximum Gasteiger partial charge on any atom is 0.252 e. The Morgan fingerprint density at radius 3 is 1.53 bits per heavy atom. The Morgan fingerprint density at radius 1 is 0.552 bits per heavy atom. The molecule has 0 saturated heterocycles. The fourth-order valence-electron chi connectivity index (χ4n) is 6.79. The van der Waals surface area contributed by atoms with Crippen molar-refractivity contribution in [3.05, 3.63) is 192 Å². The van der Waals surface area contributed by atoms with E-state index in [0.717, 1.165) is 12.1 Å². The number of nitriles is 3. The summed E-state index contributed by atoms with van der Waals surface area (Å²) >= 11 is 0. The summed E-state index contributed by atoms with van der Waals surface area (Å²) in [5, 5.41) is 30.6. The summed E-state index contributed by atoms with van der Waals surface area (Å²) in [5.41, 5.74) is -7.93. The molecule has 0 atom stereocenters. The van der Waals surface area contributed by atoms with E-state index in [9.17, 15) is 33.3 Å². The highest BCUT2D eigenvalue weighted by molar-refractivity contribution is 6.33. The number of hydrogen-bond donors (Lipinski definition) is 0. The summed E-state index contributed by atoms with van der Waals surface area (Å²) in [6.45, 7) is 23.6. The molecule has 0 bridgehead atoms. The molecular weight excluding hydrogens is 769 g/mol. The Balaban J connectivity index is 1.70. The Morgan fingerprint density at radius 2 is 1.05 bits per heavy atom. The van der Waals surface area contributed by atoms with Crippen molar-refractivity contribution >= 4 is 50.5 Å². The van der Waals surface area contributed by atoms with Crippen LogP contribution in [-0.2, 0) is 0 Å². The molecule has 0 fully saturated rings. The molecule has 3 aromatic carbocycles. The average Bonchev–Trinajstić information content (AvgIpc) is 3.72. The molecule has 274 valence electrons. The van der Waals surface area contributed by atoms with Gasteiger partial charge in [0.1, 0.15) is 12.1 Å². The summed E-state index contributed by atoms with van der Waals surface area (Å²) < 4.78 is 120. The molecule has 0 saturated carbocycles. The maximum absolute atomic E-state index is 15.4. The van der Waals surface area contributed by atoms with Crippen LogP contribution in [0.25, 0.3) is 59.4 Å². The fourth-order valence-corrected chi connectivity index (χ4v) is 6.79. The van der Waals surface area contributed by atoms with Crippen LogP contribution < -0.4 is 0 Å². The van der Waals surface area contributed by atoms with Gasteiger partial charge in [0.2, 0.25) is 11.4 Å². The summed E-state index contributed by atoms with van der Waals surface area (Å²) in [4.78, 5) is 15.2. The molecule has 0 spiro atoms. The van der Waals surface area contributed by atoms with Crippen LogP contribution >= 0.6 is 0 Å². The third-order valence-corrected chi connectivity index (χ3v) is 9.21. The third-order valence-electron chi connectivity index (χ3n) is 9.21. The monoisotopic (exact) mass is 778 g/mol. The van der Waals surface area contributed by atoms with Crippen LogP contribution in [0.2, 0.25) is 0 Å². The first kappa shape index (κ1) is 37.6. The second-order valence-electron chi connectivity index (χ2n) is 12.1. The van der Waals surface area contributed by atoms with Gasteiger partial charge < -0.3 is 0 Å². The van der Waals surface area contributed by atoms with Gasteiger partial charge in [-0.3, -0.25) is 0 Å². The smallest absolute Gasteiger partial charge is 0.238 e. The Bertz CT molecular complexity index is 2870. The zero-order valence-corrected chi connectivity index (χ0v) is 28.4. The molecule has 0 aliphatic heterocycles. The van der Waals surface area contributed by atoms with Gasteiger partial charge in [-0.15, -0.1) is 0 Å². The molecule has 16 heteroatoms. The minimum absolute atomic E-state index is 0.0384. The molecule has 2 aliphatic carbocycles. The van der Waals surface area contributed by atoms with Crippen LogP contribution in [0.4, 0.5) is 40.8 Å². The van der Waals surface area contributed by atoms with Crippen molar-refractivity contribution in [3.63, 3.8) is 0 Å². The van der Waals surface area contributed by atoms with E-state index in [1.165, 1.54) is 48.5 Å². The summed E-state index contributed by atoms with van der Waals surface area (Å²) in [6.07, 6.45) is 0. The first-order valence-corrected chi connectivity index (χ1v) is 16.0. The van der Waals surface area contributed by atoms with Gasteiger partial charge in [0, 0.05) is 16.7 Å². The van der Waals surface area contributed by atoms with Crippen LogP contribution in [0, 0.1) is 101 Å². The number of aromatic nitrogens is 2. The Labute approximate surface area is 321 Å².